The fourth-order valence-electron chi connectivity index (χ4n) is 2.26. The smallest absolute Gasteiger partial charge is 0.307 e. The molecule has 1 heterocycles. The van der Waals surface area contributed by atoms with Crippen molar-refractivity contribution in [1.82, 2.24) is 5.32 Å². The van der Waals surface area contributed by atoms with Gasteiger partial charge in [0.05, 0.1) is 6.42 Å². The van der Waals surface area contributed by atoms with Gasteiger partial charge in [-0.3, -0.25) is 4.79 Å². The van der Waals surface area contributed by atoms with Gasteiger partial charge in [0.15, 0.2) is 0 Å². The highest BCUT2D eigenvalue weighted by Crippen LogP contribution is 2.27. The summed E-state index contributed by atoms with van der Waals surface area (Å²) in [6.07, 6.45) is 1.14. The number of carboxylic acid groups (broad SMARTS) is 1. The number of rotatable bonds is 6. The molecule has 4 heteroatoms. The standard InChI is InChI=1S/C15H21NO3/c1-3-11(2)12-4-6-13(7-5-12)19-15(8-14(17)18)9-16-10-15/h4-7,11,16H,3,8-10H2,1-2H3,(H,17,18). The Labute approximate surface area is 113 Å². The maximum atomic E-state index is 10.9. The molecule has 1 fully saturated rings. The number of aliphatic carboxylic acids is 1. The summed E-state index contributed by atoms with van der Waals surface area (Å²) < 4.78 is 5.87. The van der Waals surface area contributed by atoms with Gasteiger partial charge >= 0.3 is 5.97 Å². The molecule has 0 amide bonds. The third-order valence-corrected chi connectivity index (χ3v) is 3.76. The summed E-state index contributed by atoms with van der Waals surface area (Å²) in [6.45, 7) is 5.54. The Morgan fingerprint density at radius 1 is 1.42 bits per heavy atom. The van der Waals surface area contributed by atoms with Crippen molar-refractivity contribution in [2.75, 3.05) is 13.1 Å². The molecular weight excluding hydrogens is 242 g/mol. The van der Waals surface area contributed by atoms with Crippen LogP contribution in [0.1, 0.15) is 38.2 Å². The molecule has 1 saturated heterocycles. The second-order valence-electron chi connectivity index (χ2n) is 5.34. The molecule has 0 aromatic heterocycles. The van der Waals surface area contributed by atoms with Crippen LogP contribution in [0.25, 0.3) is 0 Å². The molecule has 2 N–H and O–H groups in total. The summed E-state index contributed by atoms with van der Waals surface area (Å²) in [5, 5.41) is 12.0. The molecule has 1 unspecified atom stereocenters. The SMILES string of the molecule is CCC(C)c1ccc(OC2(CC(=O)O)CNC2)cc1. The monoisotopic (exact) mass is 263 g/mol. The van der Waals surface area contributed by atoms with Crippen molar-refractivity contribution >= 4 is 5.97 Å². The Kier molecular flexibility index (Phi) is 4.10. The van der Waals surface area contributed by atoms with E-state index in [1.807, 2.05) is 12.1 Å². The molecule has 1 aromatic carbocycles. The molecule has 1 atom stereocenters. The molecule has 0 spiro atoms. The molecule has 0 radical (unpaired) electrons. The summed E-state index contributed by atoms with van der Waals surface area (Å²) in [6, 6.07) is 7.99. The number of nitrogens with one attached hydrogen (secondary N) is 1. The van der Waals surface area contributed by atoms with Crippen molar-refractivity contribution < 1.29 is 14.6 Å². The number of carbonyl (C=O) groups is 1. The Morgan fingerprint density at radius 3 is 2.47 bits per heavy atom. The zero-order valence-corrected chi connectivity index (χ0v) is 11.5. The van der Waals surface area contributed by atoms with Crippen LogP contribution >= 0.6 is 0 Å². The predicted octanol–water partition coefficient (Wildman–Crippen LogP) is 2.40. The van der Waals surface area contributed by atoms with Crippen LogP contribution < -0.4 is 10.1 Å². The molecule has 19 heavy (non-hydrogen) atoms. The number of hydrogen-bond acceptors (Lipinski definition) is 3. The summed E-state index contributed by atoms with van der Waals surface area (Å²) >= 11 is 0. The molecule has 104 valence electrons. The van der Waals surface area contributed by atoms with Gasteiger partial charge in [-0.1, -0.05) is 26.0 Å². The summed E-state index contributed by atoms with van der Waals surface area (Å²) in [5.41, 5.74) is 0.706. The van der Waals surface area contributed by atoms with E-state index in [9.17, 15) is 4.79 Å². The van der Waals surface area contributed by atoms with E-state index in [2.05, 4.69) is 31.3 Å². The quantitative estimate of drug-likeness (QED) is 0.827. The maximum absolute atomic E-state index is 10.9. The largest absolute Gasteiger partial charge is 0.484 e. The lowest BCUT2D eigenvalue weighted by Crippen LogP contribution is -2.64. The Bertz CT molecular complexity index is 437. The minimum Gasteiger partial charge on any atom is -0.484 e. The number of ether oxygens (including phenoxy) is 1. The maximum Gasteiger partial charge on any atom is 0.307 e. The Balaban J connectivity index is 2.04. The van der Waals surface area contributed by atoms with Crippen molar-refractivity contribution in [3.05, 3.63) is 29.8 Å². The molecule has 2 rings (SSSR count). The van der Waals surface area contributed by atoms with Crippen molar-refractivity contribution in [1.29, 1.82) is 0 Å². The molecule has 0 aliphatic carbocycles. The molecule has 1 aromatic rings. The van der Waals surface area contributed by atoms with Crippen molar-refractivity contribution in [2.24, 2.45) is 0 Å². The van der Waals surface area contributed by atoms with E-state index < -0.39 is 11.6 Å². The van der Waals surface area contributed by atoms with Crippen molar-refractivity contribution in [3.63, 3.8) is 0 Å². The molecule has 1 aliphatic heterocycles. The van der Waals surface area contributed by atoms with E-state index in [0.717, 1.165) is 12.2 Å². The topological polar surface area (TPSA) is 58.6 Å². The van der Waals surface area contributed by atoms with E-state index >= 15 is 0 Å². The van der Waals surface area contributed by atoms with Crippen LogP contribution in [-0.4, -0.2) is 29.8 Å². The fourth-order valence-corrected chi connectivity index (χ4v) is 2.26. The number of benzene rings is 1. The number of carboxylic acids is 1. The lowest BCUT2D eigenvalue weighted by molar-refractivity contribution is -0.143. The summed E-state index contributed by atoms with van der Waals surface area (Å²) in [7, 11) is 0. The molecule has 4 nitrogen and oxygen atoms in total. The first-order valence-electron chi connectivity index (χ1n) is 6.76. The minimum atomic E-state index is -0.822. The molecular formula is C15H21NO3. The first-order valence-corrected chi connectivity index (χ1v) is 6.76. The van der Waals surface area contributed by atoms with Gasteiger partial charge in [0.1, 0.15) is 11.4 Å². The molecule has 0 bridgehead atoms. The summed E-state index contributed by atoms with van der Waals surface area (Å²) in [5.74, 6) is 0.458. The van der Waals surface area contributed by atoms with Crippen LogP contribution in [0, 0.1) is 0 Å². The van der Waals surface area contributed by atoms with Crippen LogP contribution in [0.2, 0.25) is 0 Å². The third-order valence-electron chi connectivity index (χ3n) is 3.76. The Hall–Kier alpha value is -1.55. The zero-order chi connectivity index (χ0) is 13.9. The highest BCUT2D eigenvalue weighted by atomic mass is 16.5. The highest BCUT2D eigenvalue weighted by Gasteiger charge is 2.41. The van der Waals surface area contributed by atoms with Gasteiger partial charge in [-0.25, -0.2) is 0 Å². The van der Waals surface area contributed by atoms with E-state index in [4.69, 9.17) is 9.84 Å². The van der Waals surface area contributed by atoms with Crippen molar-refractivity contribution in [3.8, 4) is 5.75 Å². The van der Waals surface area contributed by atoms with E-state index in [1.54, 1.807) is 0 Å². The second-order valence-corrected chi connectivity index (χ2v) is 5.34. The van der Waals surface area contributed by atoms with Gasteiger partial charge in [0, 0.05) is 13.1 Å². The molecule has 1 aliphatic rings. The average Bonchev–Trinajstić information content (AvgIpc) is 2.35. The van der Waals surface area contributed by atoms with E-state index in [0.29, 0.717) is 19.0 Å². The highest BCUT2D eigenvalue weighted by molar-refractivity contribution is 5.68. The first kappa shape index (κ1) is 13.9. The van der Waals surface area contributed by atoms with E-state index in [1.165, 1.54) is 5.56 Å². The van der Waals surface area contributed by atoms with Gasteiger partial charge < -0.3 is 15.2 Å². The van der Waals surface area contributed by atoms with Crippen LogP contribution in [-0.2, 0) is 4.79 Å². The van der Waals surface area contributed by atoms with E-state index in [-0.39, 0.29) is 6.42 Å². The lowest BCUT2D eigenvalue weighted by atomic mass is 9.92. The fraction of sp³-hybridized carbons (Fsp3) is 0.533. The van der Waals surface area contributed by atoms with Gasteiger partial charge in [-0.2, -0.15) is 0 Å². The molecule has 0 saturated carbocycles. The van der Waals surface area contributed by atoms with Crippen LogP contribution in [0.15, 0.2) is 24.3 Å². The normalized spacial score (nSPS) is 18.4. The van der Waals surface area contributed by atoms with Crippen LogP contribution in [0.3, 0.4) is 0 Å². The Morgan fingerprint density at radius 2 is 2.05 bits per heavy atom. The summed E-state index contributed by atoms with van der Waals surface area (Å²) in [4.78, 5) is 10.9. The van der Waals surface area contributed by atoms with Crippen LogP contribution in [0.4, 0.5) is 0 Å². The van der Waals surface area contributed by atoms with Gasteiger partial charge in [0.2, 0.25) is 0 Å². The van der Waals surface area contributed by atoms with Gasteiger partial charge in [-0.15, -0.1) is 0 Å². The first-order chi connectivity index (χ1) is 9.04. The second kappa shape index (κ2) is 5.61. The van der Waals surface area contributed by atoms with Crippen molar-refractivity contribution in [2.45, 2.75) is 38.2 Å². The predicted molar refractivity (Wildman–Crippen MR) is 73.6 cm³/mol. The lowest BCUT2D eigenvalue weighted by Gasteiger charge is -2.41. The minimum absolute atomic E-state index is 0.0348. The van der Waals surface area contributed by atoms with Crippen LogP contribution in [0.5, 0.6) is 5.75 Å². The van der Waals surface area contributed by atoms with Gasteiger partial charge in [-0.05, 0) is 30.0 Å². The zero-order valence-electron chi connectivity index (χ0n) is 11.5. The average molecular weight is 263 g/mol. The number of hydrogen-bond donors (Lipinski definition) is 2. The van der Waals surface area contributed by atoms with Gasteiger partial charge in [0.25, 0.3) is 0 Å². The third kappa shape index (κ3) is 3.26.